The van der Waals surface area contributed by atoms with Crippen LogP contribution in [0.25, 0.3) is 0 Å². The standard InChI is InChI=1S/C18H20O3/c1-4-6-8-11-16(5-2)20-14-15(3)18(19)21-17-12-9-7-10-13-17/h4-10,12-13,15H,2,14H2,1,3H3/b6-4-. The van der Waals surface area contributed by atoms with Gasteiger partial charge in [0.05, 0.1) is 5.92 Å². The van der Waals surface area contributed by atoms with Crippen LogP contribution >= 0.6 is 0 Å². The normalized spacial score (nSPS) is 11.3. The van der Waals surface area contributed by atoms with Gasteiger partial charge < -0.3 is 9.47 Å². The summed E-state index contributed by atoms with van der Waals surface area (Å²) in [7, 11) is 0. The van der Waals surface area contributed by atoms with Gasteiger partial charge in [0, 0.05) is 0 Å². The average molecular weight is 284 g/mol. The summed E-state index contributed by atoms with van der Waals surface area (Å²) in [4.78, 5) is 11.9. The third-order valence-corrected chi connectivity index (χ3v) is 2.55. The molecule has 110 valence electrons. The fourth-order valence-electron chi connectivity index (χ4n) is 1.37. The number of carbonyl (C=O) groups excluding carboxylic acids is 1. The topological polar surface area (TPSA) is 35.5 Å². The molecule has 0 spiro atoms. The highest BCUT2D eigenvalue weighted by Gasteiger charge is 2.16. The minimum absolute atomic E-state index is 0.212. The third kappa shape index (κ3) is 6.46. The van der Waals surface area contributed by atoms with Gasteiger partial charge in [-0.05, 0) is 38.1 Å². The molecule has 0 radical (unpaired) electrons. The van der Waals surface area contributed by atoms with Crippen LogP contribution in [0.15, 0.2) is 72.7 Å². The van der Waals surface area contributed by atoms with Crippen molar-refractivity contribution >= 4 is 5.97 Å². The Bertz CT molecular complexity index is 549. The van der Waals surface area contributed by atoms with Crippen molar-refractivity contribution in [3.8, 4) is 5.75 Å². The van der Waals surface area contributed by atoms with E-state index in [-0.39, 0.29) is 18.5 Å². The van der Waals surface area contributed by atoms with Crippen molar-refractivity contribution in [3.63, 3.8) is 0 Å². The lowest BCUT2D eigenvalue weighted by Gasteiger charge is -2.12. The van der Waals surface area contributed by atoms with Crippen molar-refractivity contribution in [2.45, 2.75) is 13.8 Å². The van der Waals surface area contributed by atoms with Crippen LogP contribution in [0.5, 0.6) is 5.75 Å². The van der Waals surface area contributed by atoms with E-state index in [0.717, 1.165) is 0 Å². The van der Waals surface area contributed by atoms with Gasteiger partial charge in [-0.15, -0.1) is 0 Å². The number of para-hydroxylation sites is 1. The predicted octanol–water partition coefficient (Wildman–Crippen LogP) is 4.05. The Labute approximate surface area is 125 Å². The molecule has 0 heterocycles. The lowest BCUT2D eigenvalue weighted by atomic mass is 10.2. The number of benzene rings is 1. The minimum Gasteiger partial charge on any atom is -0.485 e. The van der Waals surface area contributed by atoms with E-state index in [1.807, 2.05) is 37.3 Å². The first kappa shape index (κ1) is 16.5. The second-order valence-corrected chi connectivity index (χ2v) is 4.35. The SMILES string of the molecule is C=CC(=C=C/C=C\C)OCC(C)C(=O)Oc1ccccc1. The van der Waals surface area contributed by atoms with E-state index in [1.165, 1.54) is 0 Å². The molecule has 1 rings (SSSR count). The van der Waals surface area contributed by atoms with Crippen LogP contribution in [0, 0.1) is 5.92 Å². The molecule has 0 fully saturated rings. The molecule has 3 heteroatoms. The van der Waals surface area contributed by atoms with Crippen LogP contribution in [0.2, 0.25) is 0 Å². The quantitative estimate of drug-likeness (QED) is 0.249. The van der Waals surface area contributed by atoms with E-state index in [4.69, 9.17) is 9.47 Å². The number of carbonyl (C=O) groups is 1. The second-order valence-electron chi connectivity index (χ2n) is 4.35. The lowest BCUT2D eigenvalue weighted by molar-refractivity contribution is -0.139. The fraction of sp³-hybridized carbons (Fsp3) is 0.222. The number of ether oxygens (including phenoxy) is 2. The van der Waals surface area contributed by atoms with Crippen LogP contribution in [0.4, 0.5) is 0 Å². The fourth-order valence-corrected chi connectivity index (χ4v) is 1.37. The zero-order valence-corrected chi connectivity index (χ0v) is 12.4. The summed E-state index contributed by atoms with van der Waals surface area (Å²) in [5, 5.41) is 0. The molecule has 0 saturated carbocycles. The molecule has 0 saturated heterocycles. The van der Waals surface area contributed by atoms with Crippen LogP contribution in [0.1, 0.15) is 13.8 Å². The molecule has 3 nitrogen and oxygen atoms in total. The summed E-state index contributed by atoms with van der Waals surface area (Å²) in [6, 6.07) is 8.96. The van der Waals surface area contributed by atoms with Crippen LogP contribution in [-0.2, 0) is 9.53 Å². The number of hydrogen-bond donors (Lipinski definition) is 0. The Morgan fingerprint density at radius 1 is 1.38 bits per heavy atom. The zero-order valence-electron chi connectivity index (χ0n) is 12.4. The van der Waals surface area contributed by atoms with Crippen molar-refractivity contribution in [1.29, 1.82) is 0 Å². The van der Waals surface area contributed by atoms with Gasteiger partial charge in [-0.2, -0.15) is 0 Å². The molecule has 0 N–H and O–H groups in total. The highest BCUT2D eigenvalue weighted by Crippen LogP contribution is 2.12. The van der Waals surface area contributed by atoms with Gasteiger partial charge in [-0.25, -0.2) is 0 Å². The van der Waals surface area contributed by atoms with E-state index in [1.54, 1.807) is 31.2 Å². The number of esters is 1. The van der Waals surface area contributed by atoms with E-state index >= 15 is 0 Å². The summed E-state index contributed by atoms with van der Waals surface area (Å²) in [5.74, 6) is 0.306. The minimum atomic E-state index is -0.385. The van der Waals surface area contributed by atoms with Gasteiger partial charge in [0.15, 0.2) is 5.76 Å². The summed E-state index contributed by atoms with van der Waals surface area (Å²) in [5.41, 5.74) is 2.93. The number of hydrogen-bond acceptors (Lipinski definition) is 3. The maximum atomic E-state index is 11.9. The first-order valence-corrected chi connectivity index (χ1v) is 6.77. The van der Waals surface area contributed by atoms with Crippen molar-refractivity contribution in [1.82, 2.24) is 0 Å². The van der Waals surface area contributed by atoms with Crippen LogP contribution in [-0.4, -0.2) is 12.6 Å². The van der Waals surface area contributed by atoms with Crippen molar-refractivity contribution in [2.24, 2.45) is 5.92 Å². The molecule has 0 aliphatic heterocycles. The van der Waals surface area contributed by atoms with Gasteiger partial charge >= 0.3 is 5.97 Å². The molecule has 1 unspecified atom stereocenters. The maximum absolute atomic E-state index is 11.9. The summed E-state index contributed by atoms with van der Waals surface area (Å²) in [6.45, 7) is 7.52. The monoisotopic (exact) mass is 284 g/mol. The molecule has 1 aromatic carbocycles. The van der Waals surface area contributed by atoms with Crippen molar-refractivity contribution < 1.29 is 14.3 Å². The van der Waals surface area contributed by atoms with Crippen molar-refractivity contribution in [3.05, 3.63) is 72.7 Å². The van der Waals surface area contributed by atoms with E-state index < -0.39 is 0 Å². The molecule has 1 aromatic rings. The van der Waals surface area contributed by atoms with Gasteiger partial charge in [-0.3, -0.25) is 4.79 Å². The Morgan fingerprint density at radius 3 is 2.71 bits per heavy atom. The maximum Gasteiger partial charge on any atom is 0.317 e. The summed E-state index contributed by atoms with van der Waals surface area (Å²) < 4.78 is 10.7. The Kier molecular flexibility index (Phi) is 7.41. The first-order valence-electron chi connectivity index (χ1n) is 6.77. The smallest absolute Gasteiger partial charge is 0.317 e. The van der Waals surface area contributed by atoms with Gasteiger partial charge in [0.1, 0.15) is 12.4 Å². The average Bonchev–Trinajstić information content (AvgIpc) is 2.51. The van der Waals surface area contributed by atoms with Crippen molar-refractivity contribution in [2.75, 3.05) is 6.61 Å². The third-order valence-electron chi connectivity index (χ3n) is 2.55. The van der Waals surface area contributed by atoms with Crippen LogP contribution in [0.3, 0.4) is 0 Å². The molecule has 1 atom stereocenters. The Morgan fingerprint density at radius 2 is 2.10 bits per heavy atom. The molecule has 0 bridgehead atoms. The molecule has 0 aliphatic carbocycles. The molecule has 0 aliphatic rings. The predicted molar refractivity (Wildman–Crippen MR) is 83.8 cm³/mol. The molecular formula is C18H20O3. The highest BCUT2D eigenvalue weighted by molar-refractivity contribution is 5.74. The summed E-state index contributed by atoms with van der Waals surface area (Å²) >= 11 is 0. The molecular weight excluding hydrogens is 264 g/mol. The lowest BCUT2D eigenvalue weighted by Crippen LogP contribution is -2.22. The molecule has 0 amide bonds. The molecule has 0 aromatic heterocycles. The summed E-state index contributed by atoms with van der Waals surface area (Å²) in [6.07, 6.45) is 6.99. The van der Waals surface area contributed by atoms with Crippen LogP contribution < -0.4 is 4.74 Å². The van der Waals surface area contributed by atoms with E-state index in [0.29, 0.717) is 11.5 Å². The van der Waals surface area contributed by atoms with Gasteiger partial charge in [0.2, 0.25) is 0 Å². The largest absolute Gasteiger partial charge is 0.485 e. The first-order chi connectivity index (χ1) is 10.2. The highest BCUT2D eigenvalue weighted by atomic mass is 16.5. The number of allylic oxidation sites excluding steroid dienone is 3. The van der Waals surface area contributed by atoms with E-state index in [2.05, 4.69) is 12.3 Å². The van der Waals surface area contributed by atoms with E-state index in [9.17, 15) is 4.79 Å². The second kappa shape index (κ2) is 9.40. The zero-order chi connectivity index (χ0) is 15.5. The Hall–Kier alpha value is -2.51. The molecule has 21 heavy (non-hydrogen) atoms. The number of rotatable bonds is 7. The van der Waals surface area contributed by atoms with Gasteiger partial charge in [0.25, 0.3) is 0 Å². The Balaban J connectivity index is 2.52. The van der Waals surface area contributed by atoms with Gasteiger partial charge in [-0.1, -0.05) is 42.7 Å².